The molecule has 1 fully saturated rings. The number of para-hydroxylation sites is 2. The van der Waals surface area contributed by atoms with E-state index in [0.717, 1.165) is 37.1 Å². The monoisotopic (exact) mass is 250 g/mol. The zero-order valence-corrected chi connectivity index (χ0v) is 11.1. The molecule has 1 aliphatic rings. The van der Waals surface area contributed by atoms with Crippen LogP contribution in [0, 0.1) is 0 Å². The Balaban J connectivity index is 2.05. The van der Waals surface area contributed by atoms with Gasteiger partial charge in [-0.1, -0.05) is 12.1 Å². The second-order valence-corrected chi connectivity index (χ2v) is 4.85. The maximum atomic E-state index is 5.41. The Kier molecular flexibility index (Phi) is 4.44. The highest BCUT2D eigenvalue weighted by atomic mass is 16.6. The number of hydrogen-bond acceptors (Lipinski definition) is 4. The van der Waals surface area contributed by atoms with Crippen LogP contribution in [0.25, 0.3) is 0 Å². The largest absolute Gasteiger partial charge is 0.495 e. The summed E-state index contributed by atoms with van der Waals surface area (Å²) < 4.78 is 5.41. The van der Waals surface area contributed by atoms with Gasteiger partial charge in [0.05, 0.1) is 18.9 Å². The Labute approximate surface area is 109 Å². The third-order valence-corrected chi connectivity index (χ3v) is 3.85. The van der Waals surface area contributed by atoms with Crippen molar-refractivity contribution in [3.63, 3.8) is 0 Å². The topological polar surface area (TPSA) is 47.7 Å². The number of hydrogen-bond donors (Lipinski definition) is 1. The average molecular weight is 250 g/mol. The molecule has 0 atom stereocenters. The fraction of sp³-hybridized carbons (Fsp3) is 0.571. The lowest BCUT2D eigenvalue weighted by Gasteiger charge is -2.35. The Bertz CT molecular complexity index is 376. The van der Waals surface area contributed by atoms with Crippen molar-refractivity contribution in [2.24, 2.45) is 5.90 Å². The third kappa shape index (κ3) is 2.76. The zero-order valence-electron chi connectivity index (χ0n) is 11.1. The summed E-state index contributed by atoms with van der Waals surface area (Å²) in [6.07, 6.45) is 4.50. The molecule has 0 unspecified atom stereocenters. The maximum absolute atomic E-state index is 5.41. The molecule has 0 heterocycles. The zero-order chi connectivity index (χ0) is 13.0. The lowest BCUT2D eigenvalue weighted by Crippen LogP contribution is -2.37. The van der Waals surface area contributed by atoms with E-state index in [1.54, 1.807) is 7.11 Å². The first-order valence-corrected chi connectivity index (χ1v) is 6.47. The summed E-state index contributed by atoms with van der Waals surface area (Å²) in [5.41, 5.74) is 1.15. The maximum Gasteiger partial charge on any atom is 0.142 e. The minimum absolute atomic E-state index is 0.229. The van der Waals surface area contributed by atoms with Crippen molar-refractivity contribution >= 4 is 5.69 Å². The molecule has 0 aromatic heterocycles. The predicted molar refractivity (Wildman–Crippen MR) is 72.7 cm³/mol. The lowest BCUT2D eigenvalue weighted by molar-refractivity contribution is 0.0242. The number of anilines is 1. The first-order valence-electron chi connectivity index (χ1n) is 6.47. The second kappa shape index (κ2) is 6.07. The minimum atomic E-state index is 0.229. The summed E-state index contributed by atoms with van der Waals surface area (Å²) in [7, 11) is 3.85. The van der Waals surface area contributed by atoms with Gasteiger partial charge >= 0.3 is 0 Å². The smallest absolute Gasteiger partial charge is 0.142 e. The van der Waals surface area contributed by atoms with Crippen molar-refractivity contribution in [3.05, 3.63) is 24.3 Å². The van der Waals surface area contributed by atoms with Gasteiger partial charge in [-0.2, -0.15) is 0 Å². The first-order chi connectivity index (χ1) is 8.76. The first kappa shape index (κ1) is 13.2. The molecule has 0 radical (unpaired) electrons. The van der Waals surface area contributed by atoms with Crippen LogP contribution in [0.5, 0.6) is 5.75 Å². The highest BCUT2D eigenvalue weighted by Gasteiger charge is 2.25. The summed E-state index contributed by atoms with van der Waals surface area (Å²) in [6.45, 7) is 0. The van der Waals surface area contributed by atoms with E-state index < -0.39 is 0 Å². The van der Waals surface area contributed by atoms with Gasteiger partial charge in [-0.25, -0.2) is 5.90 Å². The molecule has 100 valence electrons. The van der Waals surface area contributed by atoms with Crippen molar-refractivity contribution in [1.82, 2.24) is 0 Å². The molecule has 2 rings (SSSR count). The molecule has 4 nitrogen and oxygen atoms in total. The van der Waals surface area contributed by atoms with E-state index in [1.807, 2.05) is 18.2 Å². The molecule has 0 bridgehead atoms. The minimum Gasteiger partial charge on any atom is -0.495 e. The molecular weight excluding hydrogens is 228 g/mol. The number of nitrogens with two attached hydrogens (primary N) is 1. The predicted octanol–water partition coefficient (Wildman–Crippen LogP) is 2.33. The SMILES string of the molecule is COc1ccccc1N(C)C1CCC(ON)CC1. The Hall–Kier alpha value is -1.26. The molecule has 1 aromatic carbocycles. The summed E-state index contributed by atoms with van der Waals surface area (Å²) in [6, 6.07) is 8.68. The van der Waals surface area contributed by atoms with Gasteiger partial charge in [-0.15, -0.1) is 0 Å². The quantitative estimate of drug-likeness (QED) is 0.833. The summed E-state index contributed by atoms with van der Waals surface area (Å²) in [5.74, 6) is 6.18. The summed E-state index contributed by atoms with van der Waals surface area (Å²) in [4.78, 5) is 7.24. The van der Waals surface area contributed by atoms with Gasteiger partial charge in [0.15, 0.2) is 0 Å². The van der Waals surface area contributed by atoms with E-state index in [-0.39, 0.29) is 6.10 Å². The van der Waals surface area contributed by atoms with E-state index in [2.05, 4.69) is 18.0 Å². The molecule has 0 aliphatic heterocycles. The van der Waals surface area contributed by atoms with Crippen LogP contribution in [-0.4, -0.2) is 26.3 Å². The van der Waals surface area contributed by atoms with Crippen molar-refractivity contribution in [2.75, 3.05) is 19.1 Å². The van der Waals surface area contributed by atoms with E-state index in [1.165, 1.54) is 0 Å². The van der Waals surface area contributed by atoms with Crippen LogP contribution in [0.15, 0.2) is 24.3 Å². The molecule has 0 saturated heterocycles. The van der Waals surface area contributed by atoms with Gasteiger partial charge in [0, 0.05) is 13.1 Å². The van der Waals surface area contributed by atoms with Crippen LogP contribution >= 0.6 is 0 Å². The van der Waals surface area contributed by atoms with E-state index in [0.29, 0.717) is 6.04 Å². The molecule has 0 amide bonds. The second-order valence-electron chi connectivity index (χ2n) is 4.85. The normalized spacial score (nSPS) is 23.7. The summed E-state index contributed by atoms with van der Waals surface area (Å²) >= 11 is 0. The fourth-order valence-electron chi connectivity index (χ4n) is 2.69. The molecule has 2 N–H and O–H groups in total. The average Bonchev–Trinajstić information content (AvgIpc) is 2.46. The Morgan fingerprint density at radius 2 is 1.83 bits per heavy atom. The van der Waals surface area contributed by atoms with Crippen molar-refractivity contribution < 1.29 is 9.57 Å². The third-order valence-electron chi connectivity index (χ3n) is 3.85. The van der Waals surface area contributed by atoms with Gasteiger partial charge in [-0.3, -0.25) is 0 Å². The Morgan fingerprint density at radius 3 is 2.44 bits per heavy atom. The van der Waals surface area contributed by atoms with Crippen LogP contribution in [0.4, 0.5) is 5.69 Å². The lowest BCUT2D eigenvalue weighted by atomic mass is 9.92. The van der Waals surface area contributed by atoms with Crippen molar-refractivity contribution in [1.29, 1.82) is 0 Å². The van der Waals surface area contributed by atoms with Gasteiger partial charge in [0.1, 0.15) is 5.75 Å². The molecule has 1 saturated carbocycles. The van der Waals surface area contributed by atoms with Crippen molar-refractivity contribution in [2.45, 2.75) is 37.8 Å². The number of ether oxygens (including phenoxy) is 1. The molecule has 1 aliphatic carbocycles. The number of benzene rings is 1. The standard InChI is InChI=1S/C14H22N2O2/c1-16(11-7-9-12(18-15)10-8-11)13-5-3-4-6-14(13)17-2/h3-6,11-12H,7-10,15H2,1-2H3. The van der Waals surface area contributed by atoms with E-state index in [4.69, 9.17) is 15.5 Å². The van der Waals surface area contributed by atoms with Crippen LogP contribution in [0.1, 0.15) is 25.7 Å². The van der Waals surface area contributed by atoms with Crippen molar-refractivity contribution in [3.8, 4) is 5.75 Å². The molecular formula is C14H22N2O2. The van der Waals surface area contributed by atoms with Gasteiger partial charge in [0.25, 0.3) is 0 Å². The van der Waals surface area contributed by atoms with Crippen LogP contribution in [0.2, 0.25) is 0 Å². The highest BCUT2D eigenvalue weighted by Crippen LogP contribution is 2.32. The molecule has 0 spiro atoms. The van der Waals surface area contributed by atoms with E-state index >= 15 is 0 Å². The number of nitrogens with zero attached hydrogens (tertiary/aromatic N) is 1. The van der Waals surface area contributed by atoms with Gasteiger partial charge < -0.3 is 14.5 Å². The molecule has 18 heavy (non-hydrogen) atoms. The van der Waals surface area contributed by atoms with Gasteiger partial charge in [-0.05, 0) is 37.8 Å². The molecule has 4 heteroatoms. The highest BCUT2D eigenvalue weighted by molar-refractivity contribution is 5.58. The summed E-state index contributed by atoms with van der Waals surface area (Å²) in [5, 5.41) is 0. The van der Waals surface area contributed by atoms with Crippen LogP contribution in [0.3, 0.4) is 0 Å². The van der Waals surface area contributed by atoms with Crippen LogP contribution in [-0.2, 0) is 4.84 Å². The van der Waals surface area contributed by atoms with Crippen LogP contribution < -0.4 is 15.5 Å². The molecule has 1 aromatic rings. The fourth-order valence-corrected chi connectivity index (χ4v) is 2.69. The van der Waals surface area contributed by atoms with Gasteiger partial charge in [0.2, 0.25) is 0 Å². The number of rotatable bonds is 4. The number of methoxy groups -OCH3 is 1. The van der Waals surface area contributed by atoms with E-state index in [9.17, 15) is 0 Å². The Morgan fingerprint density at radius 1 is 1.17 bits per heavy atom.